The zero-order valence-electron chi connectivity index (χ0n) is 14.9. The molecule has 152 valence electrons. The number of pyridine rings is 1. The van der Waals surface area contributed by atoms with Crippen molar-refractivity contribution in [2.24, 2.45) is 4.99 Å². The van der Waals surface area contributed by atoms with Crippen molar-refractivity contribution in [2.75, 3.05) is 4.61 Å². The molecule has 3 rings (SSSR count). The molecule has 0 amide bonds. The first-order valence-electron chi connectivity index (χ1n) is 8.29. The maximum absolute atomic E-state index is 14.8. The van der Waals surface area contributed by atoms with Crippen molar-refractivity contribution in [3.05, 3.63) is 76.5 Å². The van der Waals surface area contributed by atoms with Crippen molar-refractivity contribution in [3.8, 4) is 0 Å². The van der Waals surface area contributed by atoms with Gasteiger partial charge in [-0.3, -0.25) is 9.98 Å². The number of carbonyl (C=O) groups is 1. The van der Waals surface area contributed by atoms with Crippen LogP contribution in [0.15, 0.2) is 58.9 Å². The molecule has 5 nitrogen and oxygen atoms in total. The van der Waals surface area contributed by atoms with Gasteiger partial charge in [0, 0.05) is 17.5 Å². The van der Waals surface area contributed by atoms with Crippen LogP contribution in [-0.2, 0) is 15.7 Å². The van der Waals surface area contributed by atoms with Gasteiger partial charge in [-0.2, -0.15) is 13.2 Å². The normalized spacial score (nSPS) is 16.9. The van der Waals surface area contributed by atoms with E-state index in [1.165, 1.54) is 12.3 Å². The molecule has 0 aliphatic carbocycles. The fourth-order valence-electron chi connectivity index (χ4n) is 2.91. The Balaban J connectivity index is 2.18. The summed E-state index contributed by atoms with van der Waals surface area (Å²) in [6.07, 6.45) is -3.37. The third-order valence-corrected chi connectivity index (χ3v) is 4.49. The lowest BCUT2D eigenvalue weighted by molar-refractivity contribution is -0.140. The molecule has 1 aromatic carbocycles. The Morgan fingerprint density at radius 3 is 2.62 bits per heavy atom. The molecule has 29 heavy (non-hydrogen) atoms. The third-order valence-electron chi connectivity index (χ3n) is 4.18. The molecule has 1 aliphatic heterocycles. The van der Waals surface area contributed by atoms with Gasteiger partial charge in [0.15, 0.2) is 5.84 Å². The monoisotopic (exact) mass is 519 g/mol. The molecule has 1 atom stereocenters. The van der Waals surface area contributed by atoms with Crippen molar-refractivity contribution in [1.29, 1.82) is 0 Å². The minimum absolute atomic E-state index is 0.0159. The van der Waals surface area contributed by atoms with Gasteiger partial charge in [0.25, 0.3) is 0 Å². The molecule has 10 heteroatoms. The van der Waals surface area contributed by atoms with Crippen LogP contribution >= 0.6 is 22.6 Å². The van der Waals surface area contributed by atoms with Crippen LogP contribution in [0.4, 0.5) is 17.6 Å². The van der Waals surface area contributed by atoms with Gasteiger partial charge < -0.3 is 10.1 Å². The molecular formula is C19H14F4IN3O2. The maximum atomic E-state index is 14.8. The van der Waals surface area contributed by atoms with E-state index < -0.39 is 29.6 Å². The van der Waals surface area contributed by atoms with Gasteiger partial charge in [-0.15, -0.1) is 0 Å². The number of aromatic nitrogens is 1. The number of benzene rings is 1. The molecular weight excluding hydrogens is 505 g/mol. The Hall–Kier alpha value is -2.50. The van der Waals surface area contributed by atoms with Crippen LogP contribution in [0.25, 0.3) is 0 Å². The first-order valence-corrected chi connectivity index (χ1v) is 9.82. The molecule has 2 heterocycles. The van der Waals surface area contributed by atoms with Crippen molar-refractivity contribution in [1.82, 2.24) is 10.3 Å². The van der Waals surface area contributed by atoms with Crippen molar-refractivity contribution in [3.63, 3.8) is 0 Å². The van der Waals surface area contributed by atoms with E-state index >= 15 is 0 Å². The number of hydrogen-bond acceptors (Lipinski definition) is 5. The number of nitrogens with one attached hydrogen (secondary N) is 1. The number of hydrogen-bond donors (Lipinski definition) is 1. The van der Waals surface area contributed by atoms with Crippen molar-refractivity contribution >= 4 is 34.4 Å². The van der Waals surface area contributed by atoms with E-state index in [9.17, 15) is 22.4 Å². The third kappa shape index (κ3) is 4.41. The molecule has 1 unspecified atom stereocenters. The molecule has 0 fully saturated rings. The van der Waals surface area contributed by atoms with Gasteiger partial charge in [0.1, 0.15) is 22.2 Å². The second-order valence-electron chi connectivity index (χ2n) is 6.01. The smallest absolute Gasteiger partial charge is 0.419 e. The van der Waals surface area contributed by atoms with Crippen LogP contribution in [0.5, 0.6) is 0 Å². The zero-order chi connectivity index (χ0) is 21.2. The summed E-state index contributed by atoms with van der Waals surface area (Å²) < 4.78 is 59.4. The Morgan fingerprint density at radius 1 is 1.24 bits per heavy atom. The first-order chi connectivity index (χ1) is 13.7. The topological polar surface area (TPSA) is 63.6 Å². The van der Waals surface area contributed by atoms with Gasteiger partial charge in [-0.05, 0) is 47.7 Å². The summed E-state index contributed by atoms with van der Waals surface area (Å²) in [6, 6.07) is 6.58. The van der Waals surface area contributed by atoms with E-state index in [0.29, 0.717) is 11.8 Å². The van der Waals surface area contributed by atoms with Crippen LogP contribution in [-0.4, -0.2) is 21.4 Å². The fraction of sp³-hybridized carbons (Fsp3) is 0.211. The first kappa shape index (κ1) is 21.2. The molecule has 0 saturated carbocycles. The lowest BCUT2D eigenvalue weighted by Gasteiger charge is -2.26. The Morgan fingerprint density at radius 2 is 2.00 bits per heavy atom. The minimum atomic E-state index is -4.89. The van der Waals surface area contributed by atoms with Gasteiger partial charge in [-0.1, -0.05) is 18.2 Å². The standard InChI is InChI=1S/C19H14F4IN3O2/c1-10-14(18(28)29-9-24)16(27-17(26-10)13-7-2-3-8-25-13)11-5-4-6-12(15(11)20)19(21,22)23/h2-8,16H,9H2,1H3,(H,26,27). The molecule has 0 spiro atoms. The summed E-state index contributed by atoms with van der Waals surface area (Å²) in [5.74, 6) is -2.07. The van der Waals surface area contributed by atoms with Gasteiger partial charge in [0.05, 0.1) is 11.1 Å². The summed E-state index contributed by atoms with van der Waals surface area (Å²) in [5, 5.41) is 2.91. The molecule has 0 saturated heterocycles. The number of halogens is 5. The Kier molecular flexibility index (Phi) is 6.20. The molecule has 1 N–H and O–H groups in total. The van der Waals surface area contributed by atoms with Gasteiger partial charge in [-0.25, -0.2) is 9.18 Å². The van der Waals surface area contributed by atoms with E-state index in [1.807, 2.05) is 22.6 Å². The number of esters is 1. The summed E-state index contributed by atoms with van der Waals surface area (Å²) >= 11 is 1.81. The number of allylic oxidation sites excluding steroid dienone is 1. The lowest BCUT2D eigenvalue weighted by Crippen LogP contribution is -2.33. The largest absolute Gasteiger partial charge is 0.452 e. The highest BCUT2D eigenvalue weighted by molar-refractivity contribution is 14.1. The van der Waals surface area contributed by atoms with Crippen molar-refractivity contribution < 1.29 is 27.1 Å². The Bertz CT molecular complexity index is 991. The fourth-order valence-corrected chi connectivity index (χ4v) is 3.19. The number of carbonyl (C=O) groups excluding carboxylic acids is 1. The van der Waals surface area contributed by atoms with Gasteiger partial charge >= 0.3 is 12.1 Å². The second kappa shape index (κ2) is 8.47. The number of nitrogens with zero attached hydrogens (tertiary/aromatic N) is 2. The predicted molar refractivity (Wildman–Crippen MR) is 106 cm³/mol. The highest BCUT2D eigenvalue weighted by Crippen LogP contribution is 2.38. The summed E-state index contributed by atoms with van der Waals surface area (Å²) in [7, 11) is 0. The van der Waals surface area contributed by atoms with Crippen LogP contribution < -0.4 is 5.32 Å². The number of aliphatic imine (C=N–C) groups is 1. The van der Waals surface area contributed by atoms with E-state index in [1.54, 1.807) is 25.1 Å². The summed E-state index contributed by atoms with van der Waals surface area (Å²) in [6.45, 7) is 1.54. The average molecular weight is 519 g/mol. The summed E-state index contributed by atoms with van der Waals surface area (Å²) in [4.78, 5) is 20.9. The van der Waals surface area contributed by atoms with E-state index in [-0.39, 0.29) is 27.3 Å². The zero-order valence-corrected chi connectivity index (χ0v) is 17.1. The molecule has 1 aromatic heterocycles. The quantitative estimate of drug-likeness (QED) is 0.279. The van der Waals surface area contributed by atoms with E-state index in [0.717, 1.165) is 6.07 Å². The molecule has 1 aliphatic rings. The molecule has 0 radical (unpaired) electrons. The van der Waals surface area contributed by atoms with E-state index in [4.69, 9.17) is 4.74 Å². The van der Waals surface area contributed by atoms with Crippen LogP contribution in [0, 0.1) is 5.82 Å². The van der Waals surface area contributed by atoms with Crippen LogP contribution in [0.2, 0.25) is 0 Å². The highest BCUT2D eigenvalue weighted by atomic mass is 127. The maximum Gasteiger partial charge on any atom is 0.419 e. The van der Waals surface area contributed by atoms with Crippen LogP contribution in [0.1, 0.15) is 29.8 Å². The van der Waals surface area contributed by atoms with Gasteiger partial charge in [0.2, 0.25) is 0 Å². The van der Waals surface area contributed by atoms with E-state index in [2.05, 4.69) is 15.3 Å². The lowest BCUT2D eigenvalue weighted by atomic mass is 9.93. The van der Waals surface area contributed by atoms with Crippen LogP contribution in [0.3, 0.4) is 0 Å². The summed E-state index contributed by atoms with van der Waals surface area (Å²) in [5.41, 5.74) is -1.20. The number of rotatable bonds is 4. The SMILES string of the molecule is CC1=C(C(=O)OCI)C(c2cccc(C(F)(F)F)c2F)N=C(c2ccccn2)N1. The number of ether oxygens (including phenoxy) is 1. The number of alkyl halides is 4. The predicted octanol–water partition coefficient (Wildman–Crippen LogP) is 4.54. The molecule has 0 bridgehead atoms. The Labute approximate surface area is 177 Å². The average Bonchev–Trinajstić information content (AvgIpc) is 2.67. The minimum Gasteiger partial charge on any atom is -0.452 e. The second-order valence-corrected chi connectivity index (χ2v) is 6.63. The number of amidine groups is 1. The molecule has 2 aromatic rings. The highest BCUT2D eigenvalue weighted by Gasteiger charge is 2.38. The van der Waals surface area contributed by atoms with Crippen molar-refractivity contribution in [2.45, 2.75) is 19.1 Å².